The Morgan fingerprint density at radius 3 is 2.70 bits per heavy atom. The van der Waals surface area contributed by atoms with E-state index < -0.39 is 0 Å². The van der Waals surface area contributed by atoms with E-state index in [1.54, 1.807) is 11.3 Å². The zero-order valence-corrected chi connectivity index (χ0v) is 12.2. The van der Waals surface area contributed by atoms with Crippen LogP contribution in [0.5, 0.6) is 11.6 Å². The van der Waals surface area contributed by atoms with Crippen LogP contribution in [0.4, 0.5) is 5.95 Å². The van der Waals surface area contributed by atoms with Crippen molar-refractivity contribution in [3.8, 4) is 11.6 Å². The van der Waals surface area contributed by atoms with Gasteiger partial charge in [-0.15, -0.1) is 11.3 Å². The minimum Gasteiger partial charge on any atom is -0.438 e. The number of hydrogen-bond acceptors (Lipinski definition) is 5. The van der Waals surface area contributed by atoms with Gasteiger partial charge in [0.2, 0.25) is 11.8 Å². The molecule has 0 radical (unpaired) electrons. The van der Waals surface area contributed by atoms with Crippen LogP contribution in [0.1, 0.15) is 11.8 Å². The van der Waals surface area contributed by atoms with Gasteiger partial charge in [0.1, 0.15) is 10.6 Å². The zero-order chi connectivity index (χ0) is 13.9. The second kappa shape index (κ2) is 5.46. The van der Waals surface area contributed by atoms with Gasteiger partial charge in [-0.1, -0.05) is 25.1 Å². The molecule has 2 heterocycles. The number of hydrogen-bond donors (Lipinski definition) is 1. The minimum atomic E-state index is 0.577. The summed E-state index contributed by atoms with van der Waals surface area (Å²) >= 11 is 1.68. The van der Waals surface area contributed by atoms with Crippen LogP contribution in [0.3, 0.4) is 0 Å². The highest BCUT2D eigenvalue weighted by atomic mass is 32.1. The Bertz CT molecular complexity index is 725. The summed E-state index contributed by atoms with van der Waals surface area (Å²) < 4.78 is 5.91. The van der Waals surface area contributed by atoms with E-state index in [1.807, 2.05) is 37.4 Å². The average molecular weight is 285 g/mol. The fourth-order valence-corrected chi connectivity index (χ4v) is 2.87. The maximum absolute atomic E-state index is 5.91. The summed E-state index contributed by atoms with van der Waals surface area (Å²) in [5.74, 6) is 1.95. The molecule has 0 aliphatic heterocycles. The molecule has 0 unspecified atom stereocenters. The third kappa shape index (κ3) is 2.44. The highest BCUT2D eigenvalue weighted by Crippen LogP contribution is 2.33. The Morgan fingerprint density at radius 2 is 2.00 bits per heavy atom. The highest BCUT2D eigenvalue weighted by Gasteiger charge is 2.12. The van der Waals surface area contributed by atoms with E-state index in [-0.39, 0.29) is 0 Å². The summed E-state index contributed by atoms with van der Waals surface area (Å²) in [6.45, 7) is 2.13. The molecule has 0 saturated heterocycles. The molecule has 0 aliphatic carbocycles. The van der Waals surface area contributed by atoms with Crippen LogP contribution in [-0.4, -0.2) is 17.0 Å². The average Bonchev–Trinajstić information content (AvgIpc) is 2.91. The summed E-state index contributed by atoms with van der Waals surface area (Å²) in [5, 5.41) is 3.94. The van der Waals surface area contributed by atoms with Gasteiger partial charge in [-0.3, -0.25) is 0 Å². The molecule has 102 valence electrons. The number of fused-ring (bicyclic) bond motifs is 1. The summed E-state index contributed by atoms with van der Waals surface area (Å²) in [7, 11) is 1.81. The number of nitrogens with zero attached hydrogens (tertiary/aromatic N) is 2. The van der Waals surface area contributed by atoms with Crippen molar-refractivity contribution in [1.29, 1.82) is 0 Å². The van der Waals surface area contributed by atoms with E-state index >= 15 is 0 Å². The van der Waals surface area contributed by atoms with Crippen molar-refractivity contribution >= 4 is 27.5 Å². The van der Waals surface area contributed by atoms with Crippen molar-refractivity contribution in [2.24, 2.45) is 0 Å². The SMILES string of the molecule is CCc1cc2c(Oc3ccccc3)nc(NC)nc2s1. The van der Waals surface area contributed by atoms with Gasteiger partial charge in [0, 0.05) is 11.9 Å². The van der Waals surface area contributed by atoms with Gasteiger partial charge >= 0.3 is 0 Å². The molecule has 20 heavy (non-hydrogen) atoms. The van der Waals surface area contributed by atoms with Gasteiger partial charge in [-0.05, 0) is 24.6 Å². The molecule has 3 aromatic rings. The van der Waals surface area contributed by atoms with E-state index in [1.165, 1.54) is 4.88 Å². The second-order valence-corrected chi connectivity index (χ2v) is 5.42. The highest BCUT2D eigenvalue weighted by molar-refractivity contribution is 7.18. The van der Waals surface area contributed by atoms with Crippen molar-refractivity contribution in [3.63, 3.8) is 0 Å². The quantitative estimate of drug-likeness (QED) is 0.784. The Labute approximate surface area is 121 Å². The number of thiophene rings is 1. The van der Waals surface area contributed by atoms with E-state index in [9.17, 15) is 0 Å². The van der Waals surface area contributed by atoms with Crippen molar-refractivity contribution in [2.45, 2.75) is 13.3 Å². The molecule has 0 atom stereocenters. The first kappa shape index (κ1) is 12.9. The number of anilines is 1. The Balaban J connectivity index is 2.09. The van der Waals surface area contributed by atoms with Gasteiger partial charge in [-0.25, -0.2) is 4.98 Å². The predicted molar refractivity (Wildman–Crippen MR) is 82.9 cm³/mol. The van der Waals surface area contributed by atoms with Gasteiger partial charge in [0.15, 0.2) is 0 Å². The van der Waals surface area contributed by atoms with E-state index in [0.717, 1.165) is 22.4 Å². The molecule has 0 saturated carbocycles. The smallest absolute Gasteiger partial charge is 0.232 e. The van der Waals surface area contributed by atoms with Gasteiger partial charge in [-0.2, -0.15) is 4.98 Å². The van der Waals surface area contributed by atoms with Crippen molar-refractivity contribution in [3.05, 3.63) is 41.3 Å². The third-order valence-corrected chi connectivity index (χ3v) is 4.11. The first-order chi connectivity index (χ1) is 9.80. The summed E-state index contributed by atoms with van der Waals surface area (Å²) in [6, 6.07) is 11.8. The molecule has 2 aromatic heterocycles. The maximum Gasteiger partial charge on any atom is 0.232 e. The van der Waals surface area contributed by atoms with E-state index in [4.69, 9.17) is 4.74 Å². The van der Waals surface area contributed by atoms with Crippen LogP contribution in [0.2, 0.25) is 0 Å². The van der Waals surface area contributed by atoms with Crippen molar-refractivity contribution in [1.82, 2.24) is 9.97 Å². The minimum absolute atomic E-state index is 0.577. The fourth-order valence-electron chi connectivity index (χ4n) is 1.91. The number of aryl methyl sites for hydroxylation is 1. The predicted octanol–water partition coefficient (Wildman–Crippen LogP) is 4.09. The lowest BCUT2D eigenvalue weighted by molar-refractivity contribution is 0.469. The topological polar surface area (TPSA) is 47.0 Å². The first-order valence-electron chi connectivity index (χ1n) is 6.51. The number of para-hydroxylation sites is 1. The van der Waals surface area contributed by atoms with Gasteiger partial charge in [0.25, 0.3) is 0 Å². The van der Waals surface area contributed by atoms with Crippen molar-refractivity contribution < 1.29 is 4.74 Å². The van der Waals surface area contributed by atoms with Crippen LogP contribution >= 0.6 is 11.3 Å². The lowest BCUT2D eigenvalue weighted by atomic mass is 10.3. The zero-order valence-electron chi connectivity index (χ0n) is 11.4. The monoisotopic (exact) mass is 285 g/mol. The fraction of sp³-hybridized carbons (Fsp3) is 0.200. The lowest BCUT2D eigenvalue weighted by Crippen LogP contribution is -1.98. The Hall–Kier alpha value is -2.14. The largest absolute Gasteiger partial charge is 0.438 e. The molecule has 0 spiro atoms. The van der Waals surface area contributed by atoms with Crippen LogP contribution in [-0.2, 0) is 6.42 Å². The summed E-state index contributed by atoms with van der Waals surface area (Å²) in [5.41, 5.74) is 0. The molecule has 1 N–H and O–H groups in total. The standard InChI is InChI=1S/C15H15N3OS/c1-3-11-9-12-13(19-10-7-5-4-6-8-10)17-15(16-2)18-14(12)20-11/h4-9H,3H2,1-2H3,(H,16,17,18). The van der Waals surface area contributed by atoms with Crippen LogP contribution in [0.15, 0.2) is 36.4 Å². The van der Waals surface area contributed by atoms with E-state index in [0.29, 0.717) is 11.8 Å². The second-order valence-electron chi connectivity index (χ2n) is 4.30. The maximum atomic E-state index is 5.91. The third-order valence-electron chi connectivity index (χ3n) is 2.94. The van der Waals surface area contributed by atoms with Crippen LogP contribution in [0, 0.1) is 0 Å². The number of nitrogens with one attached hydrogen (secondary N) is 1. The van der Waals surface area contributed by atoms with Crippen LogP contribution in [0.25, 0.3) is 10.2 Å². The molecular formula is C15H15N3OS. The van der Waals surface area contributed by atoms with Gasteiger partial charge in [0.05, 0.1) is 5.39 Å². The van der Waals surface area contributed by atoms with E-state index in [2.05, 4.69) is 28.3 Å². The molecule has 5 heteroatoms. The molecule has 0 aliphatic rings. The number of rotatable bonds is 4. The number of benzene rings is 1. The molecule has 4 nitrogen and oxygen atoms in total. The Morgan fingerprint density at radius 1 is 1.20 bits per heavy atom. The number of ether oxygens (including phenoxy) is 1. The van der Waals surface area contributed by atoms with Crippen molar-refractivity contribution in [2.75, 3.05) is 12.4 Å². The van der Waals surface area contributed by atoms with Gasteiger partial charge < -0.3 is 10.1 Å². The molecule has 3 rings (SSSR count). The first-order valence-corrected chi connectivity index (χ1v) is 7.33. The van der Waals surface area contributed by atoms with Crippen LogP contribution < -0.4 is 10.1 Å². The molecular weight excluding hydrogens is 270 g/mol. The molecule has 0 fully saturated rings. The Kier molecular flexibility index (Phi) is 3.52. The molecule has 0 bridgehead atoms. The summed E-state index contributed by atoms with van der Waals surface area (Å²) in [4.78, 5) is 11.1. The normalized spacial score (nSPS) is 10.7. The molecule has 0 amide bonds. The summed E-state index contributed by atoms with van der Waals surface area (Å²) in [6.07, 6.45) is 0.987. The molecule has 1 aromatic carbocycles. The lowest BCUT2D eigenvalue weighted by Gasteiger charge is -2.07. The number of aromatic nitrogens is 2.